The molecule has 0 amide bonds. The number of nitrogen functional groups attached to an aromatic ring is 2. The molecule has 5 heteroatoms. The van der Waals surface area contributed by atoms with Gasteiger partial charge in [0.05, 0.1) is 17.1 Å². The van der Waals surface area contributed by atoms with Crippen LogP contribution in [0.4, 0.5) is 27.1 Å². The van der Waals surface area contributed by atoms with Gasteiger partial charge in [0.25, 0.3) is 0 Å². The number of azo groups is 1. The van der Waals surface area contributed by atoms with Crippen molar-refractivity contribution < 1.29 is 4.39 Å². The van der Waals surface area contributed by atoms with Gasteiger partial charge in [-0.1, -0.05) is 0 Å². The Hall–Kier alpha value is -2.43. The van der Waals surface area contributed by atoms with E-state index in [1.165, 1.54) is 12.1 Å². The van der Waals surface area contributed by atoms with E-state index in [0.29, 0.717) is 17.1 Å². The van der Waals surface area contributed by atoms with Crippen LogP contribution >= 0.6 is 0 Å². The summed E-state index contributed by atoms with van der Waals surface area (Å²) >= 11 is 0. The predicted octanol–water partition coefficient (Wildman–Crippen LogP) is 3.41. The topological polar surface area (TPSA) is 76.8 Å². The summed E-state index contributed by atoms with van der Waals surface area (Å²) < 4.78 is 13.1. The lowest BCUT2D eigenvalue weighted by atomic mass is 10.3. The molecule has 4 nitrogen and oxygen atoms in total. The maximum Gasteiger partial charge on any atom is 0.148 e. The maximum absolute atomic E-state index is 13.1. The van der Waals surface area contributed by atoms with E-state index in [1.807, 2.05) is 0 Å². The molecule has 0 heterocycles. The largest absolute Gasteiger partial charge is 0.399 e. The Balaban J connectivity index is 2.20. The third-order valence-electron chi connectivity index (χ3n) is 2.16. The van der Waals surface area contributed by atoms with Gasteiger partial charge < -0.3 is 11.5 Å². The van der Waals surface area contributed by atoms with Crippen molar-refractivity contribution in [3.05, 3.63) is 48.3 Å². The molecule has 17 heavy (non-hydrogen) atoms. The molecule has 0 unspecified atom stereocenters. The van der Waals surface area contributed by atoms with Gasteiger partial charge in [-0.3, -0.25) is 0 Å². The quantitative estimate of drug-likeness (QED) is 0.612. The zero-order valence-electron chi connectivity index (χ0n) is 8.97. The minimum absolute atomic E-state index is 0.0939. The second-order valence-corrected chi connectivity index (χ2v) is 3.50. The number of hydrogen-bond donors (Lipinski definition) is 2. The van der Waals surface area contributed by atoms with Crippen LogP contribution in [0, 0.1) is 5.82 Å². The van der Waals surface area contributed by atoms with E-state index in [4.69, 9.17) is 11.5 Å². The van der Waals surface area contributed by atoms with Crippen molar-refractivity contribution >= 4 is 22.7 Å². The summed E-state index contributed by atoms with van der Waals surface area (Å²) in [4.78, 5) is 0. The Morgan fingerprint density at radius 1 is 0.824 bits per heavy atom. The Morgan fingerprint density at radius 3 is 2.06 bits per heavy atom. The van der Waals surface area contributed by atoms with Crippen LogP contribution in [0.2, 0.25) is 0 Å². The molecule has 4 N–H and O–H groups in total. The van der Waals surface area contributed by atoms with E-state index in [9.17, 15) is 4.39 Å². The molecule has 0 aliphatic carbocycles. The molecule has 2 aromatic rings. The van der Waals surface area contributed by atoms with Gasteiger partial charge in [0.1, 0.15) is 5.82 Å². The molecule has 0 atom stereocenters. The van der Waals surface area contributed by atoms with E-state index >= 15 is 0 Å². The highest BCUT2D eigenvalue weighted by atomic mass is 19.1. The first-order valence-corrected chi connectivity index (χ1v) is 4.97. The first kappa shape index (κ1) is 11.1. The predicted molar refractivity (Wildman–Crippen MR) is 65.8 cm³/mol. The highest BCUT2D eigenvalue weighted by Gasteiger charge is 1.98. The summed E-state index contributed by atoms with van der Waals surface area (Å²) in [6, 6.07) is 11.2. The van der Waals surface area contributed by atoms with Crippen LogP contribution in [0.1, 0.15) is 0 Å². The molecule has 86 valence electrons. The molecular formula is C12H11FN4. The Kier molecular flexibility index (Phi) is 3.00. The average Bonchev–Trinajstić information content (AvgIpc) is 2.33. The summed E-state index contributed by atoms with van der Waals surface area (Å²) in [5, 5.41) is 7.85. The van der Waals surface area contributed by atoms with Crippen molar-refractivity contribution in [1.82, 2.24) is 0 Å². The number of halogens is 1. The second kappa shape index (κ2) is 4.61. The normalized spacial score (nSPS) is 10.9. The van der Waals surface area contributed by atoms with Crippen molar-refractivity contribution in [3.63, 3.8) is 0 Å². The van der Waals surface area contributed by atoms with E-state index < -0.39 is 5.82 Å². The zero-order chi connectivity index (χ0) is 12.3. The minimum Gasteiger partial charge on any atom is -0.399 e. The van der Waals surface area contributed by atoms with Crippen LogP contribution in [-0.4, -0.2) is 0 Å². The van der Waals surface area contributed by atoms with Crippen molar-refractivity contribution in [2.75, 3.05) is 11.5 Å². The van der Waals surface area contributed by atoms with Crippen molar-refractivity contribution in [2.24, 2.45) is 10.2 Å². The van der Waals surface area contributed by atoms with Crippen LogP contribution in [0.3, 0.4) is 0 Å². The Labute approximate surface area is 97.8 Å². The van der Waals surface area contributed by atoms with Gasteiger partial charge in [-0.2, -0.15) is 10.2 Å². The molecule has 0 radical (unpaired) electrons. The molecule has 0 spiro atoms. The molecule has 2 aromatic carbocycles. The van der Waals surface area contributed by atoms with Crippen LogP contribution in [0.15, 0.2) is 52.7 Å². The molecular weight excluding hydrogens is 219 g/mol. The monoisotopic (exact) mass is 230 g/mol. The third-order valence-corrected chi connectivity index (χ3v) is 2.16. The summed E-state index contributed by atoms with van der Waals surface area (Å²) in [7, 11) is 0. The number of benzene rings is 2. The van der Waals surface area contributed by atoms with Crippen molar-refractivity contribution in [1.29, 1.82) is 0 Å². The molecule has 0 saturated heterocycles. The Morgan fingerprint density at radius 2 is 1.41 bits per heavy atom. The number of hydrogen-bond acceptors (Lipinski definition) is 4. The van der Waals surface area contributed by atoms with Gasteiger partial charge in [-0.15, -0.1) is 0 Å². The number of rotatable bonds is 2. The maximum atomic E-state index is 13.1. The van der Waals surface area contributed by atoms with E-state index in [-0.39, 0.29) is 5.69 Å². The number of nitrogens with two attached hydrogens (primary N) is 2. The lowest BCUT2D eigenvalue weighted by Crippen LogP contribution is -1.88. The average molecular weight is 230 g/mol. The zero-order valence-corrected chi connectivity index (χ0v) is 8.97. The van der Waals surface area contributed by atoms with Crippen LogP contribution in [0.5, 0.6) is 0 Å². The summed E-state index contributed by atoms with van der Waals surface area (Å²) in [6.07, 6.45) is 0. The van der Waals surface area contributed by atoms with Crippen LogP contribution in [0.25, 0.3) is 0 Å². The van der Waals surface area contributed by atoms with Gasteiger partial charge in [-0.05, 0) is 36.4 Å². The second-order valence-electron chi connectivity index (χ2n) is 3.50. The SMILES string of the molecule is Nc1ccc(N=Nc2ccc(N)c(F)c2)cc1. The molecule has 0 bridgehead atoms. The smallest absolute Gasteiger partial charge is 0.148 e. The molecule has 2 rings (SSSR count). The van der Waals surface area contributed by atoms with Gasteiger partial charge in [-0.25, -0.2) is 4.39 Å². The molecule has 0 aliphatic rings. The lowest BCUT2D eigenvalue weighted by molar-refractivity contribution is 0.632. The Bertz CT molecular complexity index is 549. The minimum atomic E-state index is -0.501. The van der Waals surface area contributed by atoms with Crippen molar-refractivity contribution in [3.8, 4) is 0 Å². The molecule has 0 aromatic heterocycles. The molecule has 0 aliphatic heterocycles. The van der Waals surface area contributed by atoms with Crippen molar-refractivity contribution in [2.45, 2.75) is 0 Å². The van der Waals surface area contributed by atoms with E-state index in [0.717, 1.165) is 0 Å². The fourth-order valence-corrected chi connectivity index (χ4v) is 1.23. The summed E-state index contributed by atoms with van der Waals surface area (Å²) in [6.45, 7) is 0. The first-order chi connectivity index (χ1) is 8.15. The highest BCUT2D eigenvalue weighted by molar-refractivity contribution is 5.50. The lowest BCUT2D eigenvalue weighted by Gasteiger charge is -1.97. The van der Waals surface area contributed by atoms with Gasteiger partial charge in [0.15, 0.2) is 0 Å². The van der Waals surface area contributed by atoms with Gasteiger partial charge in [0.2, 0.25) is 0 Å². The fourth-order valence-electron chi connectivity index (χ4n) is 1.23. The highest BCUT2D eigenvalue weighted by Crippen LogP contribution is 2.22. The van der Waals surface area contributed by atoms with E-state index in [1.54, 1.807) is 30.3 Å². The fraction of sp³-hybridized carbons (Fsp3) is 0. The van der Waals surface area contributed by atoms with Gasteiger partial charge in [0, 0.05) is 11.8 Å². The standard InChI is InChI=1S/C12H11FN4/c13-11-7-10(5-6-12(11)15)17-16-9-3-1-8(14)2-4-9/h1-7H,14-15H2. The summed E-state index contributed by atoms with van der Waals surface area (Å²) in [5.41, 5.74) is 12.7. The van der Waals surface area contributed by atoms with Crippen LogP contribution in [-0.2, 0) is 0 Å². The first-order valence-electron chi connectivity index (χ1n) is 4.97. The van der Waals surface area contributed by atoms with E-state index in [2.05, 4.69) is 10.2 Å². The molecule has 0 fully saturated rings. The van der Waals surface area contributed by atoms with Gasteiger partial charge >= 0.3 is 0 Å². The number of anilines is 2. The molecule has 0 saturated carbocycles. The summed E-state index contributed by atoms with van der Waals surface area (Å²) in [5.74, 6) is -0.501. The van der Waals surface area contributed by atoms with Crippen LogP contribution < -0.4 is 11.5 Å². The number of nitrogens with zero attached hydrogens (tertiary/aromatic N) is 2. The third kappa shape index (κ3) is 2.78.